The van der Waals surface area contributed by atoms with Gasteiger partial charge in [0.1, 0.15) is 5.58 Å². The zero-order chi connectivity index (χ0) is 31.5. The van der Waals surface area contributed by atoms with Gasteiger partial charge in [0.05, 0.1) is 11.4 Å². The minimum absolute atomic E-state index is 0.107. The molecule has 7 aromatic carbocycles. The Morgan fingerprint density at radius 3 is 1.83 bits per heavy atom. The largest absolute Gasteiger partial charge is 0.454 e. The van der Waals surface area contributed by atoms with E-state index in [1.54, 1.807) is 0 Å². The Hall–Kier alpha value is -5.86. The lowest BCUT2D eigenvalue weighted by molar-refractivity contribution is 0.660. The van der Waals surface area contributed by atoms with Crippen molar-refractivity contribution in [3.8, 4) is 33.4 Å². The van der Waals surface area contributed by atoms with Crippen LogP contribution in [0.1, 0.15) is 25.0 Å². The summed E-state index contributed by atoms with van der Waals surface area (Å²) in [4.78, 5) is 2.40. The Labute approximate surface area is 275 Å². The maximum atomic E-state index is 6.78. The van der Waals surface area contributed by atoms with Crippen molar-refractivity contribution in [3.63, 3.8) is 0 Å². The van der Waals surface area contributed by atoms with E-state index >= 15 is 0 Å². The molecule has 0 fully saturated rings. The lowest BCUT2D eigenvalue weighted by atomic mass is 9.82. The summed E-state index contributed by atoms with van der Waals surface area (Å²) in [6, 6.07) is 58.7. The smallest absolute Gasteiger partial charge is 0.159 e. The first kappa shape index (κ1) is 27.5. The first-order valence-electron chi connectivity index (χ1n) is 16.3. The van der Waals surface area contributed by atoms with E-state index < -0.39 is 0 Å². The minimum atomic E-state index is -0.107. The molecule has 0 bridgehead atoms. The highest BCUT2D eigenvalue weighted by Gasteiger charge is 2.38. The minimum Gasteiger partial charge on any atom is -0.454 e. The molecule has 0 atom stereocenters. The van der Waals surface area contributed by atoms with Crippen LogP contribution in [0, 0.1) is 0 Å². The standard InChI is InChI=1S/C45H33NO/c1-45(2)38-19-10-9-17-36(38)43-39(45)20-12-21-40(43)46(34-26-23-32(24-27-34)30-13-5-3-6-14-30)41-22-11-18-35-37-29-33(31-15-7-4-8-16-31)25-28-42(37)47-44(35)41/h3-29H,1-2H3. The zero-order valence-electron chi connectivity index (χ0n) is 26.4. The topological polar surface area (TPSA) is 16.4 Å². The van der Waals surface area contributed by atoms with E-state index in [0.29, 0.717) is 0 Å². The number of benzene rings is 7. The van der Waals surface area contributed by atoms with Crippen LogP contribution in [-0.2, 0) is 5.41 Å². The predicted molar refractivity (Wildman–Crippen MR) is 197 cm³/mol. The molecule has 0 radical (unpaired) electrons. The van der Waals surface area contributed by atoms with Crippen LogP contribution >= 0.6 is 0 Å². The SMILES string of the molecule is CC1(C)c2ccccc2-c2c(N(c3ccc(-c4ccccc4)cc3)c3cccc4c3oc3ccc(-c5ccccc5)cc34)cccc21. The first-order valence-corrected chi connectivity index (χ1v) is 16.3. The second-order valence-electron chi connectivity index (χ2n) is 13.0. The third-order valence-corrected chi connectivity index (χ3v) is 9.88. The molecule has 1 aromatic heterocycles. The average molecular weight is 604 g/mol. The summed E-state index contributed by atoms with van der Waals surface area (Å²) in [5.74, 6) is 0. The molecule has 47 heavy (non-hydrogen) atoms. The maximum Gasteiger partial charge on any atom is 0.159 e. The quantitative estimate of drug-likeness (QED) is 0.195. The molecular weight excluding hydrogens is 571 g/mol. The zero-order valence-corrected chi connectivity index (χ0v) is 26.4. The van der Waals surface area contributed by atoms with Gasteiger partial charge in [0.2, 0.25) is 0 Å². The van der Waals surface area contributed by atoms with Crippen LogP contribution in [0.3, 0.4) is 0 Å². The average Bonchev–Trinajstić information content (AvgIpc) is 3.62. The Bertz CT molecular complexity index is 2420. The molecule has 0 saturated heterocycles. The Kier molecular flexibility index (Phi) is 6.20. The molecule has 0 unspecified atom stereocenters. The Balaban J connectivity index is 1.29. The number of nitrogens with zero attached hydrogens (tertiary/aromatic N) is 1. The van der Waals surface area contributed by atoms with Gasteiger partial charge in [-0.25, -0.2) is 0 Å². The monoisotopic (exact) mass is 603 g/mol. The second kappa shape index (κ2) is 10.6. The summed E-state index contributed by atoms with van der Waals surface area (Å²) in [6.45, 7) is 4.68. The number of para-hydroxylation sites is 1. The summed E-state index contributed by atoms with van der Waals surface area (Å²) in [7, 11) is 0. The summed E-state index contributed by atoms with van der Waals surface area (Å²) >= 11 is 0. The van der Waals surface area contributed by atoms with E-state index in [-0.39, 0.29) is 5.41 Å². The van der Waals surface area contributed by atoms with E-state index in [2.05, 4.69) is 183 Å². The molecule has 1 heterocycles. The van der Waals surface area contributed by atoms with Crippen molar-refractivity contribution in [3.05, 3.63) is 175 Å². The van der Waals surface area contributed by atoms with Crippen LogP contribution in [0.2, 0.25) is 0 Å². The van der Waals surface area contributed by atoms with Gasteiger partial charge < -0.3 is 9.32 Å². The van der Waals surface area contributed by atoms with Crippen molar-refractivity contribution in [2.24, 2.45) is 0 Å². The van der Waals surface area contributed by atoms with Gasteiger partial charge in [0.25, 0.3) is 0 Å². The fraction of sp³-hybridized carbons (Fsp3) is 0.0667. The number of furan rings is 1. The molecule has 1 aliphatic carbocycles. The van der Waals surface area contributed by atoms with E-state index in [1.807, 2.05) is 0 Å². The summed E-state index contributed by atoms with van der Waals surface area (Å²) in [5, 5.41) is 2.22. The first-order chi connectivity index (χ1) is 23.1. The molecule has 224 valence electrons. The van der Waals surface area contributed by atoms with Crippen LogP contribution < -0.4 is 4.90 Å². The van der Waals surface area contributed by atoms with Gasteiger partial charge in [0.15, 0.2) is 5.58 Å². The number of fused-ring (bicyclic) bond motifs is 6. The highest BCUT2D eigenvalue weighted by molar-refractivity contribution is 6.12. The predicted octanol–water partition coefficient (Wildman–Crippen LogP) is 12.7. The van der Waals surface area contributed by atoms with E-state index in [9.17, 15) is 0 Å². The Morgan fingerprint density at radius 1 is 0.468 bits per heavy atom. The third kappa shape index (κ3) is 4.33. The lowest BCUT2D eigenvalue weighted by Crippen LogP contribution is -2.16. The van der Waals surface area contributed by atoms with Crippen molar-refractivity contribution in [1.29, 1.82) is 0 Å². The molecule has 2 heteroatoms. The maximum absolute atomic E-state index is 6.78. The fourth-order valence-corrected chi connectivity index (χ4v) is 7.53. The van der Waals surface area contributed by atoms with Crippen molar-refractivity contribution in [2.75, 3.05) is 4.90 Å². The van der Waals surface area contributed by atoms with Crippen LogP contribution in [-0.4, -0.2) is 0 Å². The van der Waals surface area contributed by atoms with Crippen LogP contribution in [0.5, 0.6) is 0 Å². The molecule has 2 nitrogen and oxygen atoms in total. The van der Waals surface area contributed by atoms with Crippen LogP contribution in [0.4, 0.5) is 17.1 Å². The van der Waals surface area contributed by atoms with Crippen molar-refractivity contribution < 1.29 is 4.42 Å². The van der Waals surface area contributed by atoms with Crippen molar-refractivity contribution >= 4 is 39.0 Å². The number of anilines is 3. The summed E-state index contributed by atoms with van der Waals surface area (Å²) < 4.78 is 6.78. The molecule has 8 aromatic rings. The van der Waals surface area contributed by atoms with E-state index in [0.717, 1.165) is 39.0 Å². The van der Waals surface area contributed by atoms with E-state index in [4.69, 9.17) is 4.42 Å². The molecular formula is C45H33NO. The normalized spacial score (nSPS) is 13.1. The summed E-state index contributed by atoms with van der Waals surface area (Å²) in [5.41, 5.74) is 14.9. The Morgan fingerprint density at radius 2 is 1.06 bits per heavy atom. The number of rotatable bonds is 5. The van der Waals surface area contributed by atoms with Gasteiger partial charge in [-0.1, -0.05) is 141 Å². The summed E-state index contributed by atoms with van der Waals surface area (Å²) in [6.07, 6.45) is 0. The highest BCUT2D eigenvalue weighted by atomic mass is 16.3. The van der Waals surface area contributed by atoms with Gasteiger partial charge in [-0.15, -0.1) is 0 Å². The number of hydrogen-bond donors (Lipinski definition) is 0. The van der Waals surface area contributed by atoms with Gasteiger partial charge in [0, 0.05) is 27.4 Å². The second-order valence-corrected chi connectivity index (χ2v) is 13.0. The van der Waals surface area contributed by atoms with Crippen molar-refractivity contribution in [1.82, 2.24) is 0 Å². The molecule has 0 amide bonds. The fourth-order valence-electron chi connectivity index (χ4n) is 7.53. The molecule has 9 rings (SSSR count). The van der Waals surface area contributed by atoms with Gasteiger partial charge in [-0.3, -0.25) is 0 Å². The molecule has 0 spiro atoms. The number of hydrogen-bond acceptors (Lipinski definition) is 2. The van der Waals surface area contributed by atoms with Gasteiger partial charge >= 0.3 is 0 Å². The van der Waals surface area contributed by atoms with Crippen molar-refractivity contribution in [2.45, 2.75) is 19.3 Å². The highest BCUT2D eigenvalue weighted by Crippen LogP contribution is 2.55. The van der Waals surface area contributed by atoms with Crippen LogP contribution in [0.15, 0.2) is 168 Å². The van der Waals surface area contributed by atoms with Gasteiger partial charge in [-0.05, 0) is 75.3 Å². The van der Waals surface area contributed by atoms with E-state index in [1.165, 1.54) is 44.5 Å². The molecule has 0 saturated carbocycles. The lowest BCUT2D eigenvalue weighted by Gasteiger charge is -2.29. The van der Waals surface area contributed by atoms with Gasteiger partial charge in [-0.2, -0.15) is 0 Å². The molecule has 0 N–H and O–H groups in total. The third-order valence-electron chi connectivity index (χ3n) is 9.88. The van der Waals surface area contributed by atoms with Crippen LogP contribution in [0.25, 0.3) is 55.3 Å². The molecule has 0 aliphatic heterocycles. The molecule has 1 aliphatic rings.